The molecule has 1 amide bonds. The van der Waals surface area contributed by atoms with Crippen LogP contribution in [0.2, 0.25) is 0 Å². The van der Waals surface area contributed by atoms with E-state index in [-0.39, 0.29) is 18.0 Å². The molecule has 0 radical (unpaired) electrons. The van der Waals surface area contributed by atoms with Gasteiger partial charge in [-0.1, -0.05) is 18.2 Å². The summed E-state index contributed by atoms with van der Waals surface area (Å²) in [6, 6.07) is 13.6. The summed E-state index contributed by atoms with van der Waals surface area (Å²) >= 11 is 0. The first kappa shape index (κ1) is 15.4. The first-order chi connectivity index (χ1) is 11.6. The van der Waals surface area contributed by atoms with E-state index >= 15 is 0 Å². The van der Waals surface area contributed by atoms with Gasteiger partial charge in [0.25, 0.3) is 5.69 Å². The summed E-state index contributed by atoms with van der Waals surface area (Å²) in [5.74, 6) is -0.238. The number of H-pyrrole nitrogens is 1. The van der Waals surface area contributed by atoms with Crippen molar-refractivity contribution in [2.24, 2.45) is 5.10 Å². The van der Waals surface area contributed by atoms with Gasteiger partial charge in [-0.25, -0.2) is 5.43 Å². The molecule has 3 aromatic rings. The van der Waals surface area contributed by atoms with Gasteiger partial charge in [0, 0.05) is 29.2 Å². The van der Waals surface area contributed by atoms with Crippen LogP contribution in [0.4, 0.5) is 5.69 Å². The lowest BCUT2D eigenvalue weighted by Crippen LogP contribution is -2.19. The number of aromatic amines is 1. The van der Waals surface area contributed by atoms with E-state index in [0.717, 1.165) is 16.5 Å². The standard InChI is InChI=1S/C17H14N4O3/c22-17(9-13-11-18-16-4-2-1-3-15(13)16)20-19-10-12-5-7-14(8-6-12)21(23)24/h1-8,10-11,18H,9H2,(H,20,22)/b19-10+. The van der Waals surface area contributed by atoms with Crippen molar-refractivity contribution in [2.45, 2.75) is 6.42 Å². The van der Waals surface area contributed by atoms with Crippen molar-refractivity contribution in [2.75, 3.05) is 0 Å². The van der Waals surface area contributed by atoms with Crippen molar-refractivity contribution >= 4 is 28.7 Å². The monoisotopic (exact) mass is 322 g/mol. The highest BCUT2D eigenvalue weighted by Gasteiger charge is 2.07. The van der Waals surface area contributed by atoms with Gasteiger partial charge in [-0.05, 0) is 29.3 Å². The number of aromatic nitrogens is 1. The van der Waals surface area contributed by atoms with Crippen molar-refractivity contribution in [1.82, 2.24) is 10.4 Å². The Morgan fingerprint density at radius 2 is 1.96 bits per heavy atom. The molecular formula is C17H14N4O3. The smallest absolute Gasteiger partial charge is 0.269 e. The molecule has 7 nitrogen and oxygen atoms in total. The molecule has 0 spiro atoms. The second-order valence-electron chi connectivity index (χ2n) is 5.18. The fraction of sp³-hybridized carbons (Fsp3) is 0.0588. The van der Waals surface area contributed by atoms with E-state index in [0.29, 0.717) is 5.56 Å². The zero-order valence-electron chi connectivity index (χ0n) is 12.6. The quantitative estimate of drug-likeness (QED) is 0.429. The maximum Gasteiger partial charge on any atom is 0.269 e. The van der Waals surface area contributed by atoms with Crippen LogP contribution < -0.4 is 5.43 Å². The van der Waals surface area contributed by atoms with Crippen LogP contribution in [0.3, 0.4) is 0 Å². The number of fused-ring (bicyclic) bond motifs is 1. The van der Waals surface area contributed by atoms with Gasteiger partial charge in [-0.3, -0.25) is 14.9 Å². The lowest BCUT2D eigenvalue weighted by Gasteiger charge is -1.99. The number of benzene rings is 2. The minimum Gasteiger partial charge on any atom is -0.361 e. The maximum atomic E-state index is 12.0. The molecule has 0 bridgehead atoms. The van der Waals surface area contributed by atoms with E-state index in [1.165, 1.54) is 18.3 Å². The summed E-state index contributed by atoms with van der Waals surface area (Å²) in [6.07, 6.45) is 3.46. The lowest BCUT2D eigenvalue weighted by molar-refractivity contribution is -0.384. The zero-order chi connectivity index (χ0) is 16.9. The average Bonchev–Trinajstić information content (AvgIpc) is 2.98. The van der Waals surface area contributed by atoms with Gasteiger partial charge < -0.3 is 4.98 Å². The molecule has 1 heterocycles. The molecule has 0 saturated carbocycles. The second-order valence-corrected chi connectivity index (χ2v) is 5.18. The fourth-order valence-corrected chi connectivity index (χ4v) is 2.35. The molecule has 3 rings (SSSR count). The molecule has 0 saturated heterocycles. The van der Waals surface area contributed by atoms with Crippen molar-refractivity contribution in [1.29, 1.82) is 0 Å². The molecule has 0 atom stereocenters. The van der Waals surface area contributed by atoms with E-state index in [4.69, 9.17) is 0 Å². The number of para-hydroxylation sites is 1. The number of carbonyl (C=O) groups excluding carboxylic acids is 1. The first-order valence-corrected chi connectivity index (χ1v) is 7.25. The molecular weight excluding hydrogens is 308 g/mol. The Bertz CT molecular complexity index is 913. The minimum atomic E-state index is -0.468. The van der Waals surface area contributed by atoms with Gasteiger partial charge in [0.1, 0.15) is 0 Å². The summed E-state index contributed by atoms with van der Waals surface area (Å²) in [5.41, 5.74) is 5.00. The van der Waals surface area contributed by atoms with E-state index < -0.39 is 4.92 Å². The number of non-ortho nitro benzene ring substituents is 1. The number of rotatable bonds is 5. The average molecular weight is 322 g/mol. The molecule has 120 valence electrons. The van der Waals surface area contributed by atoms with E-state index in [1.54, 1.807) is 12.1 Å². The highest BCUT2D eigenvalue weighted by molar-refractivity contribution is 5.89. The van der Waals surface area contributed by atoms with Crippen molar-refractivity contribution in [3.05, 3.63) is 76.0 Å². The van der Waals surface area contributed by atoms with Gasteiger partial charge >= 0.3 is 0 Å². The Morgan fingerprint density at radius 3 is 2.71 bits per heavy atom. The molecule has 2 aromatic carbocycles. The molecule has 0 aliphatic carbocycles. The van der Waals surface area contributed by atoms with Crippen molar-refractivity contribution in [3.8, 4) is 0 Å². The van der Waals surface area contributed by atoms with Crippen LogP contribution in [-0.2, 0) is 11.2 Å². The predicted octanol–water partition coefficient (Wildman–Crippen LogP) is 2.77. The van der Waals surface area contributed by atoms with Crippen LogP contribution in [0.25, 0.3) is 10.9 Å². The lowest BCUT2D eigenvalue weighted by atomic mass is 10.1. The van der Waals surface area contributed by atoms with Gasteiger partial charge in [0.05, 0.1) is 17.6 Å². The number of hydrogen-bond acceptors (Lipinski definition) is 4. The molecule has 0 fully saturated rings. The van der Waals surface area contributed by atoms with Crippen molar-refractivity contribution < 1.29 is 9.72 Å². The summed E-state index contributed by atoms with van der Waals surface area (Å²) in [5, 5.41) is 15.5. The van der Waals surface area contributed by atoms with Gasteiger partial charge in [-0.2, -0.15) is 5.10 Å². The van der Waals surface area contributed by atoms with Crippen LogP contribution in [0.5, 0.6) is 0 Å². The SMILES string of the molecule is O=C(Cc1c[nH]c2ccccc12)N/N=C/c1ccc([N+](=O)[O-])cc1. The summed E-state index contributed by atoms with van der Waals surface area (Å²) < 4.78 is 0. The van der Waals surface area contributed by atoms with Crippen LogP contribution in [0.1, 0.15) is 11.1 Å². The Labute approximate surface area is 137 Å². The number of nitro groups is 1. The predicted molar refractivity (Wildman–Crippen MR) is 90.8 cm³/mol. The highest BCUT2D eigenvalue weighted by atomic mass is 16.6. The number of hydrazone groups is 1. The number of amides is 1. The fourth-order valence-electron chi connectivity index (χ4n) is 2.35. The van der Waals surface area contributed by atoms with E-state index in [9.17, 15) is 14.9 Å². The van der Waals surface area contributed by atoms with E-state index in [2.05, 4.69) is 15.5 Å². The van der Waals surface area contributed by atoms with Crippen LogP contribution in [0, 0.1) is 10.1 Å². The maximum absolute atomic E-state index is 12.0. The molecule has 0 aliphatic rings. The van der Waals surface area contributed by atoms with Crippen LogP contribution in [0.15, 0.2) is 59.8 Å². The Balaban J connectivity index is 1.60. The molecule has 24 heavy (non-hydrogen) atoms. The number of nitrogens with zero attached hydrogens (tertiary/aromatic N) is 2. The number of nitrogens with one attached hydrogen (secondary N) is 2. The molecule has 0 aliphatic heterocycles. The summed E-state index contributed by atoms with van der Waals surface area (Å²) in [4.78, 5) is 25.2. The number of hydrogen-bond donors (Lipinski definition) is 2. The van der Waals surface area contributed by atoms with Gasteiger partial charge in [-0.15, -0.1) is 0 Å². The first-order valence-electron chi connectivity index (χ1n) is 7.25. The van der Waals surface area contributed by atoms with Gasteiger partial charge in [0.15, 0.2) is 0 Å². The molecule has 1 aromatic heterocycles. The third-order valence-electron chi connectivity index (χ3n) is 3.53. The Morgan fingerprint density at radius 1 is 1.21 bits per heavy atom. The minimum absolute atomic E-state index is 0.00974. The van der Waals surface area contributed by atoms with E-state index in [1.807, 2.05) is 30.5 Å². The van der Waals surface area contributed by atoms with Crippen molar-refractivity contribution in [3.63, 3.8) is 0 Å². The highest BCUT2D eigenvalue weighted by Crippen LogP contribution is 2.17. The zero-order valence-corrected chi connectivity index (χ0v) is 12.6. The summed E-state index contributed by atoms with van der Waals surface area (Å²) in [7, 11) is 0. The molecule has 0 unspecified atom stereocenters. The largest absolute Gasteiger partial charge is 0.361 e. The topological polar surface area (TPSA) is 100 Å². The van der Waals surface area contributed by atoms with Crippen LogP contribution >= 0.6 is 0 Å². The summed E-state index contributed by atoms with van der Waals surface area (Å²) in [6.45, 7) is 0. The number of carbonyl (C=O) groups is 1. The van der Waals surface area contributed by atoms with Gasteiger partial charge in [0.2, 0.25) is 5.91 Å². The number of nitro benzene ring substituents is 1. The third-order valence-corrected chi connectivity index (χ3v) is 3.53. The molecule has 7 heteroatoms. The normalized spacial score (nSPS) is 11.0. The molecule has 2 N–H and O–H groups in total. The Hall–Kier alpha value is -3.48. The third kappa shape index (κ3) is 3.46. The van der Waals surface area contributed by atoms with Crippen LogP contribution in [-0.4, -0.2) is 22.0 Å². The Kier molecular flexibility index (Phi) is 4.33. The second kappa shape index (κ2) is 6.74.